The zero-order chi connectivity index (χ0) is 18.7. The molecule has 6 nitrogen and oxygen atoms in total. The molecule has 1 aromatic carbocycles. The minimum absolute atomic E-state index is 0.255. The molecule has 0 radical (unpaired) electrons. The minimum atomic E-state index is -0.431. The molecule has 0 spiro atoms. The van der Waals surface area contributed by atoms with Crippen molar-refractivity contribution in [2.45, 2.75) is 46.6 Å². The van der Waals surface area contributed by atoms with Crippen molar-refractivity contribution in [1.82, 2.24) is 14.5 Å². The molecule has 3 rings (SSSR count). The Morgan fingerprint density at radius 2 is 1.88 bits per heavy atom. The number of anilines is 1. The molecule has 2 heterocycles. The van der Waals surface area contributed by atoms with Crippen molar-refractivity contribution in [3.63, 3.8) is 0 Å². The second-order valence-electron chi connectivity index (χ2n) is 7.00. The average Bonchev–Trinajstić information content (AvgIpc) is 2.89. The van der Waals surface area contributed by atoms with Crippen LogP contribution in [0.1, 0.15) is 50.4 Å². The van der Waals surface area contributed by atoms with Gasteiger partial charge in [0.15, 0.2) is 5.65 Å². The van der Waals surface area contributed by atoms with E-state index in [1.165, 1.54) is 0 Å². The van der Waals surface area contributed by atoms with Crippen LogP contribution in [0.5, 0.6) is 0 Å². The van der Waals surface area contributed by atoms with Crippen LogP contribution in [0.2, 0.25) is 0 Å². The number of ether oxygens (including phenoxy) is 1. The molecule has 2 aromatic heterocycles. The van der Waals surface area contributed by atoms with Gasteiger partial charge >= 0.3 is 5.97 Å². The number of benzene rings is 1. The van der Waals surface area contributed by atoms with Gasteiger partial charge in [-0.1, -0.05) is 45.7 Å². The van der Waals surface area contributed by atoms with Crippen molar-refractivity contribution in [3.05, 3.63) is 29.8 Å². The van der Waals surface area contributed by atoms with Gasteiger partial charge in [0.1, 0.15) is 16.9 Å². The maximum absolute atomic E-state index is 12.7. The normalized spacial score (nSPS) is 11.5. The molecule has 0 amide bonds. The van der Waals surface area contributed by atoms with Gasteiger partial charge < -0.3 is 15.0 Å². The van der Waals surface area contributed by atoms with E-state index < -0.39 is 5.97 Å². The Kier molecular flexibility index (Phi) is 5.40. The van der Waals surface area contributed by atoms with E-state index in [2.05, 4.69) is 11.9 Å². The van der Waals surface area contributed by atoms with E-state index in [9.17, 15) is 4.79 Å². The number of hydrogen-bond donors (Lipinski definition) is 1. The van der Waals surface area contributed by atoms with E-state index in [0.29, 0.717) is 35.7 Å². The Labute approximate surface area is 153 Å². The van der Waals surface area contributed by atoms with E-state index >= 15 is 0 Å². The van der Waals surface area contributed by atoms with Crippen LogP contribution in [0.25, 0.3) is 22.2 Å². The first-order valence-corrected chi connectivity index (χ1v) is 9.24. The van der Waals surface area contributed by atoms with E-state index in [-0.39, 0.29) is 5.92 Å². The number of esters is 1. The molecule has 0 saturated heterocycles. The lowest BCUT2D eigenvalue weighted by atomic mass is 10.2. The summed E-state index contributed by atoms with van der Waals surface area (Å²) in [6.07, 6.45) is 3.17. The summed E-state index contributed by atoms with van der Waals surface area (Å²) in [4.78, 5) is 22.1. The topological polar surface area (TPSA) is 83.0 Å². The number of aryl methyl sites for hydroxylation is 1. The molecular formula is C20H26N4O2. The Balaban J connectivity index is 2.13. The standard InChI is InChI=1S/C20H26N4O2/c1-4-5-8-11-24-18(21)16(20(25)26-12-13(2)3)17-19(24)23-15-10-7-6-9-14(15)22-17/h6-7,9-10,13H,4-5,8,11-12,21H2,1-3H3. The SMILES string of the molecule is CCCCCn1c(N)c(C(=O)OCC(C)C)c2nc3ccccc3nc21. The van der Waals surface area contributed by atoms with Crippen molar-refractivity contribution in [1.29, 1.82) is 0 Å². The van der Waals surface area contributed by atoms with Gasteiger partial charge in [-0.05, 0) is 24.5 Å². The highest BCUT2D eigenvalue weighted by molar-refractivity contribution is 6.08. The molecule has 0 aliphatic rings. The number of hydrogen-bond acceptors (Lipinski definition) is 5. The van der Waals surface area contributed by atoms with Crippen molar-refractivity contribution in [2.75, 3.05) is 12.3 Å². The molecule has 3 aromatic rings. The zero-order valence-corrected chi connectivity index (χ0v) is 15.7. The summed E-state index contributed by atoms with van der Waals surface area (Å²) >= 11 is 0. The molecule has 0 bridgehead atoms. The third kappa shape index (κ3) is 3.49. The summed E-state index contributed by atoms with van der Waals surface area (Å²) in [7, 11) is 0. The highest BCUT2D eigenvalue weighted by Gasteiger charge is 2.25. The third-order valence-electron chi connectivity index (χ3n) is 4.33. The quantitative estimate of drug-likeness (QED) is 0.508. The first kappa shape index (κ1) is 18.2. The Morgan fingerprint density at radius 1 is 1.19 bits per heavy atom. The van der Waals surface area contributed by atoms with E-state index in [1.54, 1.807) is 0 Å². The summed E-state index contributed by atoms with van der Waals surface area (Å²) in [5.74, 6) is 0.213. The molecular weight excluding hydrogens is 328 g/mol. The van der Waals surface area contributed by atoms with Crippen LogP contribution in [0.4, 0.5) is 5.82 Å². The van der Waals surface area contributed by atoms with Gasteiger partial charge in [-0.3, -0.25) is 0 Å². The lowest BCUT2D eigenvalue weighted by Crippen LogP contribution is -2.13. The fourth-order valence-electron chi connectivity index (χ4n) is 2.98. The lowest BCUT2D eigenvalue weighted by molar-refractivity contribution is 0.0462. The molecule has 0 unspecified atom stereocenters. The smallest absolute Gasteiger partial charge is 0.344 e. The van der Waals surface area contributed by atoms with Gasteiger partial charge in [0, 0.05) is 6.54 Å². The zero-order valence-electron chi connectivity index (χ0n) is 15.7. The lowest BCUT2D eigenvalue weighted by Gasteiger charge is -2.08. The van der Waals surface area contributed by atoms with Crippen LogP contribution in [-0.4, -0.2) is 27.1 Å². The molecule has 0 aliphatic heterocycles. The van der Waals surface area contributed by atoms with E-state index in [1.807, 2.05) is 42.7 Å². The summed E-state index contributed by atoms with van der Waals surface area (Å²) in [6.45, 7) is 7.21. The van der Waals surface area contributed by atoms with E-state index in [4.69, 9.17) is 15.5 Å². The number of carbonyl (C=O) groups excluding carboxylic acids is 1. The number of fused-ring (bicyclic) bond motifs is 2. The van der Waals surface area contributed by atoms with E-state index in [0.717, 1.165) is 30.3 Å². The predicted octanol–water partition coefficient (Wildman–Crippen LogP) is 4.17. The van der Waals surface area contributed by atoms with Crippen molar-refractivity contribution in [3.8, 4) is 0 Å². The minimum Gasteiger partial charge on any atom is -0.462 e. The molecule has 0 fully saturated rings. The predicted molar refractivity (Wildman–Crippen MR) is 104 cm³/mol. The third-order valence-corrected chi connectivity index (χ3v) is 4.33. The summed E-state index contributed by atoms with van der Waals surface area (Å²) in [6, 6.07) is 7.63. The summed E-state index contributed by atoms with van der Waals surface area (Å²) in [5.41, 5.74) is 9.37. The van der Waals surface area contributed by atoms with Crippen molar-refractivity contribution >= 4 is 34.0 Å². The number of para-hydroxylation sites is 2. The number of nitrogens with two attached hydrogens (primary N) is 1. The van der Waals surface area contributed by atoms with Crippen LogP contribution in [0.3, 0.4) is 0 Å². The summed E-state index contributed by atoms with van der Waals surface area (Å²) < 4.78 is 7.33. The van der Waals surface area contributed by atoms with Crippen LogP contribution < -0.4 is 5.73 Å². The van der Waals surface area contributed by atoms with Gasteiger partial charge in [-0.2, -0.15) is 0 Å². The molecule has 138 valence electrons. The molecule has 0 atom stereocenters. The highest BCUT2D eigenvalue weighted by atomic mass is 16.5. The van der Waals surface area contributed by atoms with Gasteiger partial charge in [0.2, 0.25) is 0 Å². The summed E-state index contributed by atoms with van der Waals surface area (Å²) in [5, 5.41) is 0. The fourth-order valence-corrected chi connectivity index (χ4v) is 2.98. The van der Waals surface area contributed by atoms with Gasteiger partial charge in [0.25, 0.3) is 0 Å². The Hall–Kier alpha value is -2.63. The molecule has 0 saturated carbocycles. The second-order valence-corrected chi connectivity index (χ2v) is 7.00. The largest absolute Gasteiger partial charge is 0.462 e. The molecule has 6 heteroatoms. The Bertz CT molecular complexity index is 930. The van der Waals surface area contributed by atoms with Crippen LogP contribution >= 0.6 is 0 Å². The number of aromatic nitrogens is 3. The molecule has 26 heavy (non-hydrogen) atoms. The maximum Gasteiger partial charge on any atom is 0.344 e. The van der Waals surface area contributed by atoms with Gasteiger partial charge in [-0.25, -0.2) is 14.8 Å². The molecule has 0 aliphatic carbocycles. The van der Waals surface area contributed by atoms with Crippen molar-refractivity contribution < 1.29 is 9.53 Å². The number of rotatable bonds is 7. The molecule has 2 N–H and O–H groups in total. The average molecular weight is 354 g/mol. The first-order valence-electron chi connectivity index (χ1n) is 9.24. The Morgan fingerprint density at radius 3 is 2.54 bits per heavy atom. The number of carbonyl (C=O) groups is 1. The highest BCUT2D eigenvalue weighted by Crippen LogP contribution is 2.29. The second kappa shape index (κ2) is 7.72. The number of unbranched alkanes of at least 4 members (excludes halogenated alkanes) is 2. The van der Waals surface area contributed by atoms with Crippen LogP contribution in [0, 0.1) is 5.92 Å². The van der Waals surface area contributed by atoms with Crippen molar-refractivity contribution in [2.24, 2.45) is 5.92 Å². The van der Waals surface area contributed by atoms with Gasteiger partial charge in [0.05, 0.1) is 17.6 Å². The maximum atomic E-state index is 12.7. The monoisotopic (exact) mass is 354 g/mol. The number of nitrogen functional groups attached to an aromatic ring is 1. The number of nitrogens with zero attached hydrogens (tertiary/aromatic N) is 3. The fraction of sp³-hybridized carbons (Fsp3) is 0.450. The van der Waals surface area contributed by atoms with Crippen LogP contribution in [0.15, 0.2) is 24.3 Å². The van der Waals surface area contributed by atoms with Crippen LogP contribution in [-0.2, 0) is 11.3 Å². The van der Waals surface area contributed by atoms with Gasteiger partial charge in [-0.15, -0.1) is 0 Å². The first-order chi connectivity index (χ1) is 12.5.